The molecule has 2 rings (SSSR count). The van der Waals surface area contributed by atoms with Gasteiger partial charge in [0.25, 0.3) is 0 Å². The molecule has 0 amide bonds. The average molecular weight is 205 g/mol. The first-order valence-electron chi connectivity index (χ1n) is 5.78. The van der Waals surface area contributed by atoms with Crippen molar-refractivity contribution in [3.05, 3.63) is 30.1 Å². The van der Waals surface area contributed by atoms with Crippen LogP contribution in [0.3, 0.4) is 0 Å². The van der Waals surface area contributed by atoms with Crippen LogP contribution in [-0.4, -0.2) is 16.2 Å². The second-order valence-electron chi connectivity index (χ2n) is 4.94. The minimum atomic E-state index is -0.218. The second kappa shape index (κ2) is 4.31. The van der Waals surface area contributed by atoms with Crippen LogP contribution >= 0.6 is 0 Å². The van der Waals surface area contributed by atoms with Gasteiger partial charge in [-0.1, -0.05) is 25.8 Å². The van der Waals surface area contributed by atoms with E-state index >= 15 is 0 Å². The van der Waals surface area contributed by atoms with Crippen molar-refractivity contribution < 1.29 is 5.11 Å². The number of rotatable bonds is 3. The summed E-state index contributed by atoms with van der Waals surface area (Å²) < 4.78 is 0. The first-order chi connectivity index (χ1) is 7.21. The molecule has 1 heterocycles. The van der Waals surface area contributed by atoms with Crippen LogP contribution in [0.1, 0.15) is 38.2 Å². The highest BCUT2D eigenvalue weighted by Gasteiger charge is 2.35. The molecular formula is C13H19NO. The van der Waals surface area contributed by atoms with Crippen molar-refractivity contribution in [2.24, 2.45) is 5.41 Å². The van der Waals surface area contributed by atoms with Gasteiger partial charge in [0, 0.05) is 18.8 Å². The van der Waals surface area contributed by atoms with Gasteiger partial charge in [0.1, 0.15) is 0 Å². The Hall–Kier alpha value is -0.890. The predicted molar refractivity (Wildman–Crippen MR) is 60.5 cm³/mol. The lowest BCUT2D eigenvalue weighted by Gasteiger charge is -2.29. The maximum atomic E-state index is 10.2. The van der Waals surface area contributed by atoms with Crippen LogP contribution in [0.25, 0.3) is 0 Å². The molecule has 0 spiro atoms. The molecule has 2 heteroatoms. The second-order valence-corrected chi connectivity index (χ2v) is 4.94. The highest BCUT2D eigenvalue weighted by atomic mass is 16.3. The van der Waals surface area contributed by atoms with Gasteiger partial charge in [-0.3, -0.25) is 4.98 Å². The number of hydrogen-bond donors (Lipinski definition) is 1. The van der Waals surface area contributed by atoms with Gasteiger partial charge >= 0.3 is 0 Å². The highest BCUT2D eigenvalue weighted by Crippen LogP contribution is 2.41. The Bertz CT molecular complexity index is 304. The molecule has 15 heavy (non-hydrogen) atoms. The molecule has 1 N–H and O–H groups in total. The van der Waals surface area contributed by atoms with Crippen LogP contribution in [0, 0.1) is 5.41 Å². The van der Waals surface area contributed by atoms with Crippen molar-refractivity contribution in [2.45, 2.75) is 45.1 Å². The monoisotopic (exact) mass is 205 g/mol. The zero-order chi connectivity index (χ0) is 10.7. The van der Waals surface area contributed by atoms with E-state index in [-0.39, 0.29) is 11.5 Å². The quantitative estimate of drug-likeness (QED) is 0.822. The van der Waals surface area contributed by atoms with Gasteiger partial charge in [-0.25, -0.2) is 0 Å². The van der Waals surface area contributed by atoms with E-state index in [9.17, 15) is 5.11 Å². The maximum absolute atomic E-state index is 10.2. The number of aliphatic hydroxyl groups is 1. The molecule has 82 valence electrons. The van der Waals surface area contributed by atoms with Crippen molar-refractivity contribution in [3.8, 4) is 0 Å². The standard InChI is InChI=1S/C13H19NO/c1-13(6-2-3-7-13)12(15)9-11-5-4-8-14-10-11/h4-5,8,10,12,15H,2-3,6-7,9H2,1H3. The molecule has 0 aliphatic heterocycles. The number of nitrogens with zero attached hydrogens (tertiary/aromatic N) is 1. The van der Waals surface area contributed by atoms with Gasteiger partial charge in [-0.15, -0.1) is 0 Å². The SMILES string of the molecule is CC1(C(O)Cc2cccnc2)CCCC1. The van der Waals surface area contributed by atoms with E-state index in [1.54, 1.807) is 6.20 Å². The van der Waals surface area contributed by atoms with Crippen LogP contribution < -0.4 is 0 Å². The molecule has 1 saturated carbocycles. The largest absolute Gasteiger partial charge is 0.392 e. The van der Waals surface area contributed by atoms with E-state index in [4.69, 9.17) is 0 Å². The predicted octanol–water partition coefficient (Wildman–Crippen LogP) is 2.57. The van der Waals surface area contributed by atoms with Crippen molar-refractivity contribution >= 4 is 0 Å². The molecule has 1 unspecified atom stereocenters. The summed E-state index contributed by atoms with van der Waals surface area (Å²) in [5.74, 6) is 0. The van der Waals surface area contributed by atoms with Gasteiger partial charge in [-0.2, -0.15) is 0 Å². The van der Waals surface area contributed by atoms with Crippen molar-refractivity contribution in [3.63, 3.8) is 0 Å². The summed E-state index contributed by atoms with van der Waals surface area (Å²) in [6, 6.07) is 3.97. The van der Waals surface area contributed by atoms with E-state index in [2.05, 4.69) is 11.9 Å². The Morgan fingerprint density at radius 1 is 1.47 bits per heavy atom. The molecule has 1 atom stereocenters. The molecule has 2 nitrogen and oxygen atoms in total. The fourth-order valence-corrected chi connectivity index (χ4v) is 2.50. The van der Waals surface area contributed by atoms with Crippen LogP contribution in [0.2, 0.25) is 0 Å². The van der Waals surface area contributed by atoms with Crippen molar-refractivity contribution in [2.75, 3.05) is 0 Å². The molecular weight excluding hydrogens is 186 g/mol. The Labute approximate surface area is 91.4 Å². The number of hydrogen-bond acceptors (Lipinski definition) is 2. The Morgan fingerprint density at radius 2 is 2.20 bits per heavy atom. The third-order valence-corrected chi connectivity index (χ3v) is 3.70. The number of aliphatic hydroxyl groups excluding tert-OH is 1. The average Bonchev–Trinajstić information content (AvgIpc) is 2.68. The normalized spacial score (nSPS) is 21.5. The van der Waals surface area contributed by atoms with E-state index in [0.29, 0.717) is 0 Å². The van der Waals surface area contributed by atoms with Gasteiger partial charge < -0.3 is 5.11 Å². The third-order valence-electron chi connectivity index (χ3n) is 3.70. The first-order valence-corrected chi connectivity index (χ1v) is 5.78. The maximum Gasteiger partial charge on any atom is 0.0634 e. The topological polar surface area (TPSA) is 33.1 Å². The molecule has 0 aromatic carbocycles. The number of aromatic nitrogens is 1. The summed E-state index contributed by atoms with van der Waals surface area (Å²) in [4.78, 5) is 4.08. The minimum Gasteiger partial charge on any atom is -0.392 e. The summed E-state index contributed by atoms with van der Waals surface area (Å²) in [7, 11) is 0. The zero-order valence-electron chi connectivity index (χ0n) is 9.32. The number of pyridine rings is 1. The van der Waals surface area contributed by atoms with Crippen molar-refractivity contribution in [1.29, 1.82) is 0 Å². The molecule has 1 aromatic rings. The lowest BCUT2D eigenvalue weighted by atomic mass is 9.80. The van der Waals surface area contributed by atoms with Crippen molar-refractivity contribution in [1.82, 2.24) is 4.98 Å². The molecule has 0 radical (unpaired) electrons. The van der Waals surface area contributed by atoms with Crippen LogP contribution in [-0.2, 0) is 6.42 Å². The summed E-state index contributed by atoms with van der Waals surface area (Å²) in [5, 5.41) is 10.2. The Balaban J connectivity index is 2.00. The zero-order valence-corrected chi connectivity index (χ0v) is 9.32. The lowest BCUT2D eigenvalue weighted by molar-refractivity contribution is 0.0423. The third kappa shape index (κ3) is 2.37. The molecule has 0 bridgehead atoms. The van der Waals surface area contributed by atoms with Gasteiger partial charge in [0.05, 0.1) is 6.10 Å². The summed E-state index contributed by atoms with van der Waals surface area (Å²) in [5.41, 5.74) is 1.27. The summed E-state index contributed by atoms with van der Waals surface area (Å²) in [6.07, 6.45) is 8.99. The highest BCUT2D eigenvalue weighted by molar-refractivity contribution is 5.10. The minimum absolute atomic E-state index is 0.135. The fourth-order valence-electron chi connectivity index (χ4n) is 2.50. The molecule has 0 saturated heterocycles. The Kier molecular flexibility index (Phi) is 3.06. The van der Waals surface area contributed by atoms with Gasteiger partial charge in [0.15, 0.2) is 0 Å². The van der Waals surface area contributed by atoms with E-state index in [0.717, 1.165) is 24.8 Å². The lowest BCUT2D eigenvalue weighted by Crippen LogP contribution is -2.31. The van der Waals surface area contributed by atoms with Crippen LogP contribution in [0.15, 0.2) is 24.5 Å². The molecule has 1 aliphatic carbocycles. The smallest absolute Gasteiger partial charge is 0.0634 e. The van der Waals surface area contributed by atoms with E-state index in [1.165, 1.54) is 12.8 Å². The fraction of sp³-hybridized carbons (Fsp3) is 0.615. The van der Waals surface area contributed by atoms with E-state index in [1.807, 2.05) is 18.3 Å². The van der Waals surface area contributed by atoms with Gasteiger partial charge in [0.2, 0.25) is 0 Å². The molecule has 1 aromatic heterocycles. The summed E-state index contributed by atoms with van der Waals surface area (Å²) >= 11 is 0. The summed E-state index contributed by atoms with van der Waals surface area (Å²) in [6.45, 7) is 2.21. The van der Waals surface area contributed by atoms with E-state index < -0.39 is 0 Å². The van der Waals surface area contributed by atoms with Gasteiger partial charge in [-0.05, 0) is 29.9 Å². The first kappa shape index (κ1) is 10.6. The van der Waals surface area contributed by atoms with Crippen LogP contribution in [0.4, 0.5) is 0 Å². The molecule has 1 aliphatic rings. The van der Waals surface area contributed by atoms with Crippen LogP contribution in [0.5, 0.6) is 0 Å². The Morgan fingerprint density at radius 3 is 2.80 bits per heavy atom. The molecule has 1 fully saturated rings.